The number of methoxy groups -OCH3 is 1. The molecule has 25 heavy (non-hydrogen) atoms. The Bertz CT molecular complexity index is 533. The van der Waals surface area contributed by atoms with Gasteiger partial charge in [0.25, 0.3) is 0 Å². The van der Waals surface area contributed by atoms with Crippen molar-refractivity contribution in [2.75, 3.05) is 20.2 Å². The first-order valence-corrected chi connectivity index (χ1v) is 8.72. The quantitative estimate of drug-likeness (QED) is 0.725. The number of piperidine rings is 1. The predicted molar refractivity (Wildman–Crippen MR) is 101 cm³/mol. The second kappa shape index (κ2) is 11.1. The van der Waals surface area contributed by atoms with Gasteiger partial charge in [-0.25, -0.2) is 4.79 Å². The van der Waals surface area contributed by atoms with E-state index in [9.17, 15) is 9.59 Å². The second-order valence-electron chi connectivity index (χ2n) is 6.62. The van der Waals surface area contributed by atoms with Gasteiger partial charge < -0.3 is 15.4 Å². The lowest BCUT2D eigenvalue weighted by atomic mass is 9.85. The number of esters is 1. The predicted octanol–water partition coefficient (Wildman–Crippen LogP) is 2.33. The molecule has 3 atom stereocenters. The average molecular weight is 369 g/mol. The number of rotatable bonds is 7. The Hall–Kier alpha value is -1.59. The lowest BCUT2D eigenvalue weighted by molar-refractivity contribution is -0.145. The van der Waals surface area contributed by atoms with Gasteiger partial charge in [0.2, 0.25) is 5.91 Å². The Balaban J connectivity index is 0.00000312. The van der Waals surface area contributed by atoms with E-state index in [4.69, 9.17) is 4.74 Å². The molecular weight excluding hydrogens is 340 g/mol. The molecule has 0 radical (unpaired) electrons. The normalized spacial score (nSPS) is 19.2. The molecule has 2 N–H and O–H groups in total. The van der Waals surface area contributed by atoms with E-state index < -0.39 is 12.0 Å². The van der Waals surface area contributed by atoms with E-state index in [2.05, 4.69) is 17.6 Å². The molecule has 1 aromatic rings. The summed E-state index contributed by atoms with van der Waals surface area (Å²) in [4.78, 5) is 24.4. The monoisotopic (exact) mass is 368 g/mol. The van der Waals surface area contributed by atoms with Crippen LogP contribution in [0.2, 0.25) is 0 Å². The number of ether oxygens (including phenoxy) is 1. The smallest absolute Gasteiger partial charge is 0.328 e. The Kier molecular flexibility index (Phi) is 9.53. The summed E-state index contributed by atoms with van der Waals surface area (Å²) >= 11 is 0. The van der Waals surface area contributed by atoms with Crippen molar-refractivity contribution in [2.45, 2.75) is 38.6 Å². The molecule has 1 saturated heterocycles. The summed E-state index contributed by atoms with van der Waals surface area (Å²) in [5.41, 5.74) is 0.998. The van der Waals surface area contributed by atoms with Crippen molar-refractivity contribution in [3.8, 4) is 0 Å². The minimum atomic E-state index is -0.637. The van der Waals surface area contributed by atoms with E-state index in [0.717, 1.165) is 31.5 Å². The number of amides is 1. The summed E-state index contributed by atoms with van der Waals surface area (Å²) in [7, 11) is 1.35. The number of hydrogen-bond donors (Lipinski definition) is 2. The van der Waals surface area contributed by atoms with Gasteiger partial charge in [-0.3, -0.25) is 4.79 Å². The van der Waals surface area contributed by atoms with E-state index in [-0.39, 0.29) is 18.3 Å². The first kappa shape index (κ1) is 21.5. The third kappa shape index (κ3) is 7.04. The Morgan fingerprint density at radius 2 is 2.04 bits per heavy atom. The summed E-state index contributed by atoms with van der Waals surface area (Å²) in [6.45, 7) is 4.15. The zero-order chi connectivity index (χ0) is 17.4. The molecule has 1 aliphatic rings. The van der Waals surface area contributed by atoms with Crippen molar-refractivity contribution < 1.29 is 14.3 Å². The van der Waals surface area contributed by atoms with Crippen molar-refractivity contribution in [3.63, 3.8) is 0 Å². The van der Waals surface area contributed by atoms with E-state index in [1.165, 1.54) is 7.11 Å². The van der Waals surface area contributed by atoms with Crippen LogP contribution in [0.3, 0.4) is 0 Å². The highest BCUT2D eigenvalue weighted by molar-refractivity contribution is 5.85. The van der Waals surface area contributed by atoms with Gasteiger partial charge in [-0.15, -0.1) is 12.4 Å². The third-order valence-corrected chi connectivity index (χ3v) is 4.75. The van der Waals surface area contributed by atoms with Crippen LogP contribution in [-0.4, -0.2) is 38.1 Å². The van der Waals surface area contributed by atoms with Crippen molar-refractivity contribution in [3.05, 3.63) is 35.9 Å². The molecule has 1 aromatic carbocycles. The van der Waals surface area contributed by atoms with E-state index in [0.29, 0.717) is 24.7 Å². The maximum Gasteiger partial charge on any atom is 0.328 e. The van der Waals surface area contributed by atoms with Gasteiger partial charge in [-0.1, -0.05) is 37.3 Å². The van der Waals surface area contributed by atoms with Gasteiger partial charge in [0.15, 0.2) is 0 Å². The zero-order valence-corrected chi connectivity index (χ0v) is 15.8. The van der Waals surface area contributed by atoms with Crippen LogP contribution < -0.4 is 10.6 Å². The highest BCUT2D eigenvalue weighted by Gasteiger charge is 2.25. The fraction of sp³-hybridized carbons (Fsp3) is 0.579. The first-order valence-electron chi connectivity index (χ1n) is 8.72. The molecule has 140 valence electrons. The summed E-state index contributed by atoms with van der Waals surface area (Å²) in [6.07, 6.45) is 3.20. The lowest BCUT2D eigenvalue weighted by Gasteiger charge is -2.28. The van der Waals surface area contributed by atoms with Crippen molar-refractivity contribution in [1.82, 2.24) is 10.6 Å². The maximum absolute atomic E-state index is 12.4. The van der Waals surface area contributed by atoms with Gasteiger partial charge in [-0.05, 0) is 43.3 Å². The summed E-state index contributed by atoms with van der Waals surface area (Å²) in [5, 5.41) is 6.24. The summed E-state index contributed by atoms with van der Waals surface area (Å²) in [6, 6.07) is 9.01. The molecule has 3 unspecified atom stereocenters. The molecule has 0 aliphatic carbocycles. The number of carbonyl (C=O) groups excluding carboxylic acids is 2. The average Bonchev–Trinajstić information content (AvgIpc) is 2.62. The lowest BCUT2D eigenvalue weighted by Crippen LogP contribution is -2.44. The summed E-state index contributed by atoms with van der Waals surface area (Å²) < 4.78 is 4.84. The van der Waals surface area contributed by atoms with Crippen molar-refractivity contribution in [2.24, 2.45) is 11.8 Å². The Labute approximate surface area is 156 Å². The van der Waals surface area contributed by atoms with Gasteiger partial charge in [-0.2, -0.15) is 0 Å². The molecular formula is C19H29ClN2O3. The topological polar surface area (TPSA) is 67.4 Å². The van der Waals surface area contributed by atoms with Crippen LogP contribution in [-0.2, 0) is 20.7 Å². The van der Waals surface area contributed by atoms with E-state index in [1.54, 1.807) is 0 Å². The molecule has 1 aliphatic heterocycles. The van der Waals surface area contributed by atoms with E-state index in [1.807, 2.05) is 30.3 Å². The largest absolute Gasteiger partial charge is 0.467 e. The number of halogens is 1. The van der Waals surface area contributed by atoms with Crippen LogP contribution in [0.4, 0.5) is 0 Å². The number of hydrogen-bond acceptors (Lipinski definition) is 4. The molecule has 0 bridgehead atoms. The van der Waals surface area contributed by atoms with Crippen LogP contribution in [0.25, 0.3) is 0 Å². The molecule has 6 heteroatoms. The fourth-order valence-electron chi connectivity index (χ4n) is 3.26. The van der Waals surface area contributed by atoms with Gasteiger partial charge >= 0.3 is 5.97 Å². The highest BCUT2D eigenvalue weighted by atomic mass is 35.5. The van der Waals surface area contributed by atoms with Crippen LogP contribution in [0.15, 0.2) is 30.3 Å². The fourth-order valence-corrected chi connectivity index (χ4v) is 3.26. The molecule has 1 amide bonds. The van der Waals surface area contributed by atoms with Crippen molar-refractivity contribution >= 4 is 24.3 Å². The third-order valence-electron chi connectivity index (χ3n) is 4.75. The molecule has 0 saturated carbocycles. The van der Waals surface area contributed by atoms with Crippen LogP contribution in [0.5, 0.6) is 0 Å². The molecule has 0 aromatic heterocycles. The second-order valence-corrected chi connectivity index (χ2v) is 6.62. The molecule has 2 rings (SSSR count). The summed E-state index contributed by atoms with van der Waals surface area (Å²) in [5.74, 6) is 0.335. The molecule has 1 fully saturated rings. The van der Waals surface area contributed by atoms with Crippen LogP contribution >= 0.6 is 12.4 Å². The highest BCUT2D eigenvalue weighted by Crippen LogP contribution is 2.22. The molecule has 1 heterocycles. The molecule has 0 spiro atoms. The molecule has 5 nitrogen and oxygen atoms in total. The number of carbonyl (C=O) groups is 2. The van der Waals surface area contributed by atoms with Gasteiger partial charge in [0.05, 0.1) is 7.11 Å². The van der Waals surface area contributed by atoms with Crippen molar-refractivity contribution in [1.29, 1.82) is 0 Å². The number of benzene rings is 1. The van der Waals surface area contributed by atoms with Crippen LogP contribution in [0, 0.1) is 11.8 Å². The van der Waals surface area contributed by atoms with Gasteiger partial charge in [0, 0.05) is 12.8 Å². The Morgan fingerprint density at radius 1 is 1.32 bits per heavy atom. The van der Waals surface area contributed by atoms with Crippen LogP contribution in [0.1, 0.15) is 31.7 Å². The zero-order valence-electron chi connectivity index (χ0n) is 15.0. The van der Waals surface area contributed by atoms with Gasteiger partial charge in [0.1, 0.15) is 6.04 Å². The minimum Gasteiger partial charge on any atom is -0.467 e. The number of nitrogens with one attached hydrogen (secondary N) is 2. The first-order chi connectivity index (χ1) is 11.6. The van der Waals surface area contributed by atoms with E-state index >= 15 is 0 Å². The maximum atomic E-state index is 12.4. The Morgan fingerprint density at radius 3 is 2.64 bits per heavy atom. The standard InChI is InChI=1S/C19H28N2O3.ClH/c1-14(16-9-6-10-20-13-16)11-18(22)21-17(19(23)24-2)12-15-7-4-3-5-8-15;/h3-5,7-8,14,16-17,20H,6,9-13H2,1-2H3,(H,21,22);1H. The SMILES string of the molecule is COC(=O)C(Cc1ccccc1)NC(=O)CC(C)C1CCCNC1.Cl. The minimum absolute atomic E-state index is 0.